The maximum atomic E-state index is 5.98. The van der Waals surface area contributed by atoms with Gasteiger partial charge < -0.3 is 9.30 Å². The Morgan fingerprint density at radius 1 is 0.941 bits per heavy atom. The van der Waals surface area contributed by atoms with Crippen molar-refractivity contribution in [3.8, 4) is 11.5 Å². The molecule has 34 heavy (non-hydrogen) atoms. The van der Waals surface area contributed by atoms with Gasteiger partial charge in [-0.15, -0.1) is 0 Å². The monoisotopic (exact) mass is 448 g/mol. The zero-order chi connectivity index (χ0) is 23.2. The maximum absolute atomic E-state index is 5.98. The van der Waals surface area contributed by atoms with Crippen LogP contribution in [0.4, 0.5) is 0 Å². The summed E-state index contributed by atoms with van der Waals surface area (Å²) in [5.74, 6) is 3.05. The highest BCUT2D eigenvalue weighted by Crippen LogP contribution is 2.29. The Morgan fingerprint density at radius 3 is 2.56 bits per heavy atom. The van der Waals surface area contributed by atoms with Crippen LogP contribution in [0.5, 0.6) is 11.5 Å². The molecule has 0 N–H and O–H groups in total. The standard InChI is InChI=1S/C29H28N4O/c1-22-15-19-33-28(31-17-13-23-6-5-16-30-21-23)14-18-32-29(33)27(20-22)24-9-11-26(12-10-24)34-25-7-3-2-4-8-25/h2-12,14,16,18,20-22H,13,15,17,19H2,1H3. The SMILES string of the molecule is CC1C=C(c2ccc(Oc3ccccc3)cc2)c2nccc(=NCCc3cccnc3)n2CC1. The number of allylic oxidation sites excluding steroid dienone is 1. The van der Waals surface area contributed by atoms with Gasteiger partial charge in [-0.2, -0.15) is 0 Å². The fourth-order valence-corrected chi connectivity index (χ4v) is 4.19. The summed E-state index contributed by atoms with van der Waals surface area (Å²) in [5, 5.41) is 0. The molecule has 3 heterocycles. The average molecular weight is 449 g/mol. The fourth-order valence-electron chi connectivity index (χ4n) is 4.19. The summed E-state index contributed by atoms with van der Waals surface area (Å²) in [6.07, 6.45) is 9.82. The van der Waals surface area contributed by atoms with Gasteiger partial charge in [0.2, 0.25) is 0 Å². The van der Waals surface area contributed by atoms with E-state index in [0.717, 1.165) is 59.9 Å². The zero-order valence-electron chi connectivity index (χ0n) is 19.3. The van der Waals surface area contributed by atoms with Crippen LogP contribution in [0.15, 0.2) is 102 Å². The van der Waals surface area contributed by atoms with Gasteiger partial charge >= 0.3 is 0 Å². The molecular weight excluding hydrogens is 420 g/mol. The van der Waals surface area contributed by atoms with E-state index in [1.807, 2.05) is 67.0 Å². The molecule has 5 nitrogen and oxygen atoms in total. The molecule has 4 aromatic rings. The molecule has 0 aliphatic carbocycles. The predicted molar refractivity (Wildman–Crippen MR) is 134 cm³/mol. The summed E-state index contributed by atoms with van der Waals surface area (Å²) in [7, 11) is 0. The molecule has 2 aromatic carbocycles. The first-order chi connectivity index (χ1) is 16.8. The van der Waals surface area contributed by atoms with E-state index in [9.17, 15) is 0 Å². The zero-order valence-corrected chi connectivity index (χ0v) is 19.3. The van der Waals surface area contributed by atoms with Crippen LogP contribution in [0, 0.1) is 5.92 Å². The van der Waals surface area contributed by atoms with Crippen molar-refractivity contribution >= 4 is 5.57 Å². The van der Waals surface area contributed by atoms with Crippen LogP contribution in [-0.2, 0) is 13.0 Å². The number of benzene rings is 2. The Kier molecular flexibility index (Phi) is 6.61. The van der Waals surface area contributed by atoms with Crippen LogP contribution in [0.1, 0.15) is 30.3 Å². The topological polar surface area (TPSA) is 52.3 Å². The van der Waals surface area contributed by atoms with E-state index >= 15 is 0 Å². The van der Waals surface area contributed by atoms with Gasteiger partial charge in [-0.3, -0.25) is 9.98 Å². The molecule has 2 aromatic heterocycles. The van der Waals surface area contributed by atoms with Crippen LogP contribution in [0.3, 0.4) is 0 Å². The van der Waals surface area contributed by atoms with Crippen LogP contribution >= 0.6 is 0 Å². The van der Waals surface area contributed by atoms with Crippen molar-refractivity contribution in [2.75, 3.05) is 6.54 Å². The molecule has 0 saturated carbocycles. The highest BCUT2D eigenvalue weighted by Gasteiger charge is 2.18. The van der Waals surface area contributed by atoms with Crippen LogP contribution in [0.2, 0.25) is 0 Å². The molecule has 1 atom stereocenters. The lowest BCUT2D eigenvalue weighted by molar-refractivity contribution is 0.482. The molecule has 5 rings (SSSR count). The Balaban J connectivity index is 1.42. The third-order valence-electron chi connectivity index (χ3n) is 5.99. The maximum Gasteiger partial charge on any atom is 0.141 e. The molecule has 0 saturated heterocycles. The number of fused-ring (bicyclic) bond motifs is 1. The largest absolute Gasteiger partial charge is 0.457 e. The Hall–Kier alpha value is -3.99. The highest BCUT2D eigenvalue weighted by molar-refractivity contribution is 5.77. The van der Waals surface area contributed by atoms with E-state index in [4.69, 9.17) is 14.7 Å². The Bertz CT molecular complexity index is 1330. The van der Waals surface area contributed by atoms with Crippen molar-refractivity contribution in [3.05, 3.63) is 120 Å². The first kappa shape index (κ1) is 21.8. The number of hydrogen-bond donors (Lipinski definition) is 0. The smallest absolute Gasteiger partial charge is 0.141 e. The molecule has 170 valence electrons. The molecule has 1 unspecified atom stereocenters. The number of ether oxygens (including phenoxy) is 1. The van der Waals surface area contributed by atoms with Gasteiger partial charge in [-0.1, -0.05) is 49.4 Å². The highest BCUT2D eigenvalue weighted by atomic mass is 16.5. The molecular formula is C29H28N4O. The lowest BCUT2D eigenvalue weighted by Gasteiger charge is -2.14. The number of aromatic nitrogens is 3. The second-order valence-electron chi connectivity index (χ2n) is 8.56. The van der Waals surface area contributed by atoms with Crippen LogP contribution < -0.4 is 10.2 Å². The van der Waals surface area contributed by atoms with Crippen molar-refractivity contribution in [2.24, 2.45) is 10.9 Å². The van der Waals surface area contributed by atoms with E-state index < -0.39 is 0 Å². The van der Waals surface area contributed by atoms with Gasteiger partial charge in [0.15, 0.2) is 0 Å². The summed E-state index contributed by atoms with van der Waals surface area (Å²) in [6, 6.07) is 24.2. The lowest BCUT2D eigenvalue weighted by atomic mass is 9.99. The van der Waals surface area contributed by atoms with Gasteiger partial charge in [-0.05, 0) is 66.3 Å². The normalized spacial score (nSPS) is 15.9. The van der Waals surface area contributed by atoms with Gasteiger partial charge in [-0.25, -0.2) is 4.98 Å². The van der Waals surface area contributed by atoms with Gasteiger partial charge in [0.25, 0.3) is 0 Å². The number of pyridine rings is 1. The lowest BCUT2D eigenvalue weighted by Crippen LogP contribution is -2.25. The summed E-state index contributed by atoms with van der Waals surface area (Å²) in [5.41, 5.74) is 4.44. The van der Waals surface area contributed by atoms with Crippen molar-refractivity contribution in [3.63, 3.8) is 0 Å². The molecule has 0 spiro atoms. The quantitative estimate of drug-likeness (QED) is 0.381. The van der Waals surface area contributed by atoms with Gasteiger partial charge in [0.1, 0.15) is 22.8 Å². The van der Waals surface area contributed by atoms with Crippen molar-refractivity contribution in [1.82, 2.24) is 14.5 Å². The third-order valence-corrected chi connectivity index (χ3v) is 5.99. The van der Waals surface area contributed by atoms with Crippen molar-refractivity contribution < 1.29 is 4.74 Å². The Labute approximate surface area is 200 Å². The number of nitrogens with zero attached hydrogens (tertiary/aromatic N) is 4. The molecule has 1 aliphatic heterocycles. The molecule has 0 bridgehead atoms. The van der Waals surface area contributed by atoms with E-state index in [-0.39, 0.29) is 0 Å². The average Bonchev–Trinajstić information content (AvgIpc) is 3.05. The second kappa shape index (κ2) is 10.3. The van der Waals surface area contributed by atoms with Crippen molar-refractivity contribution in [2.45, 2.75) is 26.3 Å². The number of rotatable bonds is 6. The minimum Gasteiger partial charge on any atom is -0.457 e. The molecule has 5 heteroatoms. The van der Waals surface area contributed by atoms with Crippen LogP contribution in [0.25, 0.3) is 5.57 Å². The summed E-state index contributed by atoms with van der Waals surface area (Å²) in [4.78, 5) is 13.9. The van der Waals surface area contributed by atoms with E-state index in [2.05, 4.69) is 40.7 Å². The molecule has 0 fully saturated rings. The van der Waals surface area contributed by atoms with Gasteiger partial charge in [0, 0.05) is 37.3 Å². The van der Waals surface area contributed by atoms with Gasteiger partial charge in [0.05, 0.1) is 0 Å². The van der Waals surface area contributed by atoms with Crippen molar-refractivity contribution in [1.29, 1.82) is 0 Å². The number of para-hydroxylation sites is 1. The van der Waals surface area contributed by atoms with E-state index in [1.165, 1.54) is 5.56 Å². The molecule has 1 aliphatic rings. The Morgan fingerprint density at radius 2 is 1.76 bits per heavy atom. The first-order valence-electron chi connectivity index (χ1n) is 11.8. The minimum atomic E-state index is 0.445. The minimum absolute atomic E-state index is 0.445. The summed E-state index contributed by atoms with van der Waals surface area (Å²) in [6.45, 7) is 3.87. The van der Waals surface area contributed by atoms with E-state index in [0.29, 0.717) is 5.92 Å². The molecule has 0 amide bonds. The van der Waals surface area contributed by atoms with Crippen LogP contribution in [-0.4, -0.2) is 21.1 Å². The third kappa shape index (κ3) is 5.15. The first-order valence-corrected chi connectivity index (χ1v) is 11.8. The van der Waals surface area contributed by atoms with E-state index in [1.54, 1.807) is 6.20 Å². The number of hydrogen-bond acceptors (Lipinski definition) is 4. The second-order valence-corrected chi connectivity index (χ2v) is 8.56. The summed E-state index contributed by atoms with van der Waals surface area (Å²) < 4.78 is 8.23. The fraction of sp³-hybridized carbons (Fsp3) is 0.207. The summed E-state index contributed by atoms with van der Waals surface area (Å²) >= 11 is 0. The molecule has 0 radical (unpaired) electrons. The predicted octanol–water partition coefficient (Wildman–Crippen LogP) is 5.69.